The highest BCUT2D eigenvalue weighted by molar-refractivity contribution is 7.17. The van der Waals surface area contributed by atoms with Gasteiger partial charge >= 0.3 is 5.97 Å². The van der Waals surface area contributed by atoms with Gasteiger partial charge in [0.2, 0.25) is 0 Å². The minimum atomic E-state index is -0.938. The predicted molar refractivity (Wildman–Crippen MR) is 64.2 cm³/mol. The van der Waals surface area contributed by atoms with Crippen molar-refractivity contribution in [1.82, 2.24) is 15.0 Å². The van der Waals surface area contributed by atoms with Crippen LogP contribution in [-0.4, -0.2) is 26.0 Å². The van der Waals surface area contributed by atoms with Gasteiger partial charge in [-0.1, -0.05) is 13.8 Å². The van der Waals surface area contributed by atoms with Gasteiger partial charge in [0.25, 0.3) is 0 Å². The third kappa shape index (κ3) is 2.31. The molecule has 0 unspecified atom stereocenters. The van der Waals surface area contributed by atoms with Crippen LogP contribution in [0.3, 0.4) is 0 Å². The first-order valence-corrected chi connectivity index (χ1v) is 5.91. The van der Waals surface area contributed by atoms with Gasteiger partial charge in [-0.2, -0.15) is 0 Å². The van der Waals surface area contributed by atoms with E-state index < -0.39 is 5.97 Å². The maximum absolute atomic E-state index is 11.1. The number of carboxylic acid groups (broad SMARTS) is 1. The number of carbonyl (C=O) groups is 1. The molecule has 0 amide bonds. The van der Waals surface area contributed by atoms with Crippen LogP contribution in [0, 0.1) is 0 Å². The van der Waals surface area contributed by atoms with Crippen LogP contribution in [0.15, 0.2) is 18.6 Å². The van der Waals surface area contributed by atoms with E-state index in [2.05, 4.69) is 15.0 Å². The van der Waals surface area contributed by atoms with Gasteiger partial charge in [-0.3, -0.25) is 0 Å². The van der Waals surface area contributed by atoms with Crippen LogP contribution >= 0.6 is 11.3 Å². The first-order valence-electron chi connectivity index (χ1n) is 5.10. The Balaban J connectivity index is 2.51. The van der Waals surface area contributed by atoms with Gasteiger partial charge in [0.05, 0.1) is 5.69 Å². The van der Waals surface area contributed by atoms with Crippen molar-refractivity contribution in [3.05, 3.63) is 29.2 Å². The number of aromatic nitrogens is 3. The summed E-state index contributed by atoms with van der Waals surface area (Å²) in [5.74, 6) is -0.862. The van der Waals surface area contributed by atoms with Crippen LogP contribution in [0.25, 0.3) is 10.7 Å². The molecule has 0 saturated carbocycles. The molecule has 17 heavy (non-hydrogen) atoms. The average Bonchev–Trinajstić information content (AvgIpc) is 2.75. The zero-order valence-corrected chi connectivity index (χ0v) is 10.2. The average molecular weight is 249 g/mol. The van der Waals surface area contributed by atoms with Crippen LogP contribution < -0.4 is 0 Å². The Morgan fingerprint density at radius 2 is 2.24 bits per heavy atom. The van der Waals surface area contributed by atoms with E-state index >= 15 is 0 Å². The van der Waals surface area contributed by atoms with Crippen molar-refractivity contribution >= 4 is 17.3 Å². The lowest BCUT2D eigenvalue weighted by atomic mass is 10.1. The van der Waals surface area contributed by atoms with Crippen LogP contribution in [0.4, 0.5) is 0 Å². The topological polar surface area (TPSA) is 76.0 Å². The maximum Gasteiger partial charge on any atom is 0.347 e. The smallest absolute Gasteiger partial charge is 0.347 e. The third-order valence-electron chi connectivity index (χ3n) is 2.20. The molecule has 2 aromatic heterocycles. The molecule has 0 atom stereocenters. The monoisotopic (exact) mass is 249 g/mol. The first kappa shape index (κ1) is 11.7. The van der Waals surface area contributed by atoms with Gasteiger partial charge in [0.15, 0.2) is 0 Å². The number of hydrogen-bond acceptors (Lipinski definition) is 5. The van der Waals surface area contributed by atoms with Gasteiger partial charge in [-0.15, -0.1) is 11.3 Å². The fraction of sp³-hybridized carbons (Fsp3) is 0.273. The Morgan fingerprint density at radius 1 is 1.47 bits per heavy atom. The lowest BCUT2D eigenvalue weighted by Gasteiger charge is -2.00. The van der Waals surface area contributed by atoms with E-state index in [9.17, 15) is 4.79 Å². The molecule has 2 heterocycles. The summed E-state index contributed by atoms with van der Waals surface area (Å²) in [6.45, 7) is 3.84. The van der Waals surface area contributed by atoms with E-state index in [0.717, 1.165) is 11.3 Å². The molecule has 0 bridgehead atoms. The largest absolute Gasteiger partial charge is 0.477 e. The quantitative estimate of drug-likeness (QED) is 0.904. The zero-order chi connectivity index (χ0) is 12.4. The number of nitrogens with zero attached hydrogens (tertiary/aromatic N) is 3. The Labute approximate surface area is 102 Å². The molecule has 0 aromatic carbocycles. The van der Waals surface area contributed by atoms with E-state index in [1.807, 2.05) is 13.8 Å². The summed E-state index contributed by atoms with van der Waals surface area (Å²) in [6.07, 6.45) is 3.03. The van der Waals surface area contributed by atoms with Crippen molar-refractivity contribution in [2.75, 3.05) is 0 Å². The summed E-state index contributed by atoms with van der Waals surface area (Å²) in [4.78, 5) is 23.6. The Bertz CT molecular complexity index is 537. The second-order valence-electron chi connectivity index (χ2n) is 3.79. The molecule has 0 radical (unpaired) electrons. The summed E-state index contributed by atoms with van der Waals surface area (Å²) >= 11 is 1.15. The van der Waals surface area contributed by atoms with Crippen LogP contribution in [-0.2, 0) is 0 Å². The number of aromatic carboxylic acids is 1. The number of hydrogen-bond donors (Lipinski definition) is 1. The molecule has 0 fully saturated rings. The SMILES string of the molecule is CC(C)c1nc(-c2ccncn2)sc1C(=O)O. The van der Waals surface area contributed by atoms with E-state index in [4.69, 9.17) is 5.11 Å². The van der Waals surface area contributed by atoms with Gasteiger partial charge in [0, 0.05) is 6.20 Å². The van der Waals surface area contributed by atoms with Gasteiger partial charge < -0.3 is 5.11 Å². The Morgan fingerprint density at radius 3 is 2.71 bits per heavy atom. The number of rotatable bonds is 3. The highest BCUT2D eigenvalue weighted by Gasteiger charge is 2.20. The standard InChI is InChI=1S/C11H11N3O2S/c1-6(2)8-9(11(15)16)17-10(14-8)7-3-4-12-5-13-7/h3-6H,1-2H3,(H,15,16). The van der Waals surface area contributed by atoms with Crippen molar-refractivity contribution in [2.24, 2.45) is 0 Å². The van der Waals surface area contributed by atoms with Crippen molar-refractivity contribution in [1.29, 1.82) is 0 Å². The summed E-state index contributed by atoms with van der Waals surface area (Å²) in [5.41, 5.74) is 1.26. The predicted octanol–water partition coefficient (Wildman–Crippen LogP) is 2.42. The van der Waals surface area contributed by atoms with Crippen LogP contribution in [0.2, 0.25) is 0 Å². The molecule has 6 heteroatoms. The van der Waals surface area contributed by atoms with Crippen LogP contribution in [0.1, 0.15) is 35.1 Å². The number of carboxylic acids is 1. The fourth-order valence-electron chi connectivity index (χ4n) is 1.40. The normalized spacial score (nSPS) is 10.8. The summed E-state index contributed by atoms with van der Waals surface area (Å²) in [6, 6.07) is 1.72. The first-order chi connectivity index (χ1) is 8.09. The number of thiazole rings is 1. The molecule has 0 aliphatic heterocycles. The molecule has 0 aliphatic rings. The zero-order valence-electron chi connectivity index (χ0n) is 9.41. The second-order valence-corrected chi connectivity index (χ2v) is 4.79. The summed E-state index contributed by atoms with van der Waals surface area (Å²) < 4.78 is 0. The lowest BCUT2D eigenvalue weighted by molar-refractivity contribution is 0.0700. The van der Waals surface area contributed by atoms with E-state index in [1.54, 1.807) is 12.3 Å². The Hall–Kier alpha value is -1.82. The molecule has 0 saturated heterocycles. The molecule has 88 valence electrons. The lowest BCUT2D eigenvalue weighted by Crippen LogP contribution is -2.00. The van der Waals surface area contributed by atoms with Gasteiger partial charge in [0.1, 0.15) is 21.9 Å². The minimum absolute atomic E-state index is 0.0768. The molecular formula is C11H11N3O2S. The second kappa shape index (κ2) is 4.58. The molecule has 0 aliphatic carbocycles. The maximum atomic E-state index is 11.1. The minimum Gasteiger partial charge on any atom is -0.477 e. The van der Waals surface area contributed by atoms with Crippen molar-refractivity contribution in [2.45, 2.75) is 19.8 Å². The summed E-state index contributed by atoms with van der Waals surface area (Å²) in [7, 11) is 0. The summed E-state index contributed by atoms with van der Waals surface area (Å²) in [5, 5.41) is 9.73. The molecule has 2 rings (SSSR count). The highest BCUT2D eigenvalue weighted by atomic mass is 32.1. The molecule has 1 N–H and O–H groups in total. The fourth-order valence-corrected chi connectivity index (χ4v) is 2.44. The molecule has 0 spiro atoms. The third-order valence-corrected chi connectivity index (χ3v) is 3.28. The highest BCUT2D eigenvalue weighted by Crippen LogP contribution is 2.30. The molecule has 2 aromatic rings. The van der Waals surface area contributed by atoms with E-state index in [-0.39, 0.29) is 10.8 Å². The van der Waals surface area contributed by atoms with Crippen molar-refractivity contribution in [3.63, 3.8) is 0 Å². The van der Waals surface area contributed by atoms with E-state index in [0.29, 0.717) is 16.4 Å². The van der Waals surface area contributed by atoms with E-state index in [1.165, 1.54) is 6.33 Å². The van der Waals surface area contributed by atoms with Crippen molar-refractivity contribution < 1.29 is 9.90 Å². The molecular weight excluding hydrogens is 238 g/mol. The van der Waals surface area contributed by atoms with Crippen LogP contribution in [0.5, 0.6) is 0 Å². The van der Waals surface area contributed by atoms with Crippen molar-refractivity contribution in [3.8, 4) is 10.7 Å². The Kier molecular flexibility index (Phi) is 3.14. The van der Waals surface area contributed by atoms with Gasteiger partial charge in [-0.25, -0.2) is 19.7 Å². The van der Waals surface area contributed by atoms with Gasteiger partial charge in [-0.05, 0) is 12.0 Å². The molecule has 5 nitrogen and oxygen atoms in total.